The van der Waals surface area contributed by atoms with Crippen LogP contribution in [0.15, 0.2) is 24.5 Å². The van der Waals surface area contributed by atoms with E-state index in [0.29, 0.717) is 6.10 Å². The van der Waals surface area contributed by atoms with Crippen molar-refractivity contribution in [3.05, 3.63) is 24.5 Å². The minimum Gasteiger partial charge on any atom is -0.491 e. The van der Waals surface area contributed by atoms with Crippen LogP contribution in [0.25, 0.3) is 0 Å². The molecule has 0 aromatic heterocycles. The van der Waals surface area contributed by atoms with Gasteiger partial charge in [-0.25, -0.2) is 0 Å². The molecule has 0 amide bonds. The van der Waals surface area contributed by atoms with Crippen molar-refractivity contribution in [2.24, 2.45) is 11.8 Å². The number of allylic oxidation sites excluding steroid dienone is 2. The van der Waals surface area contributed by atoms with E-state index in [4.69, 9.17) is 4.74 Å². The summed E-state index contributed by atoms with van der Waals surface area (Å²) in [4.78, 5) is 0. The molecule has 0 aromatic rings. The average Bonchev–Trinajstić information content (AvgIpc) is 2.86. The Bertz CT molecular complexity index is 261. The van der Waals surface area contributed by atoms with E-state index in [2.05, 4.69) is 6.58 Å². The van der Waals surface area contributed by atoms with Gasteiger partial charge in [-0.15, -0.1) is 0 Å². The molecule has 90 valence electrons. The Labute approximate surface area is 99.6 Å². The molecule has 2 aliphatic carbocycles. The van der Waals surface area contributed by atoms with E-state index in [-0.39, 0.29) is 0 Å². The van der Waals surface area contributed by atoms with E-state index >= 15 is 0 Å². The molecule has 1 nitrogen and oxygen atoms in total. The molecule has 0 bridgehead atoms. The Morgan fingerprint density at radius 2 is 1.88 bits per heavy atom. The maximum Gasteiger partial charge on any atom is 0.112 e. The Morgan fingerprint density at radius 3 is 2.56 bits per heavy atom. The van der Waals surface area contributed by atoms with Crippen LogP contribution in [0.5, 0.6) is 0 Å². The van der Waals surface area contributed by atoms with Crippen LogP contribution in [0.1, 0.15) is 51.9 Å². The predicted octanol–water partition coefficient (Wildman–Crippen LogP) is 4.45. The van der Waals surface area contributed by atoms with Gasteiger partial charge < -0.3 is 4.74 Å². The van der Waals surface area contributed by atoms with Crippen LogP contribution in [0.3, 0.4) is 0 Å². The van der Waals surface area contributed by atoms with Crippen molar-refractivity contribution in [2.45, 2.75) is 58.0 Å². The quantitative estimate of drug-likeness (QED) is 0.502. The third kappa shape index (κ3) is 2.69. The maximum absolute atomic E-state index is 6.00. The largest absolute Gasteiger partial charge is 0.491 e. The first-order valence-corrected chi connectivity index (χ1v) is 6.79. The summed E-state index contributed by atoms with van der Waals surface area (Å²) in [7, 11) is 0. The number of ether oxygens (including phenoxy) is 1. The molecule has 2 saturated carbocycles. The van der Waals surface area contributed by atoms with Gasteiger partial charge in [-0.3, -0.25) is 0 Å². The van der Waals surface area contributed by atoms with Gasteiger partial charge >= 0.3 is 0 Å². The van der Waals surface area contributed by atoms with Crippen molar-refractivity contribution in [2.75, 3.05) is 0 Å². The van der Waals surface area contributed by atoms with Gasteiger partial charge in [-0.1, -0.05) is 38.3 Å². The van der Waals surface area contributed by atoms with Crippen LogP contribution >= 0.6 is 0 Å². The van der Waals surface area contributed by atoms with Crippen LogP contribution < -0.4 is 0 Å². The lowest BCUT2D eigenvalue weighted by Gasteiger charge is -2.26. The Morgan fingerprint density at radius 1 is 1.12 bits per heavy atom. The first-order chi connectivity index (χ1) is 7.81. The highest BCUT2D eigenvalue weighted by Crippen LogP contribution is 2.42. The van der Waals surface area contributed by atoms with Crippen LogP contribution in [-0.4, -0.2) is 6.10 Å². The van der Waals surface area contributed by atoms with Crippen molar-refractivity contribution in [1.82, 2.24) is 0 Å². The summed E-state index contributed by atoms with van der Waals surface area (Å²) in [5.41, 5.74) is 0. The molecule has 0 aromatic carbocycles. The molecule has 0 aliphatic heterocycles. The molecular formula is C15H24O. The average molecular weight is 220 g/mol. The van der Waals surface area contributed by atoms with E-state index in [1.807, 2.05) is 19.1 Å². The summed E-state index contributed by atoms with van der Waals surface area (Å²) in [6.45, 7) is 5.97. The highest BCUT2D eigenvalue weighted by atomic mass is 16.5. The fourth-order valence-electron chi connectivity index (χ4n) is 3.45. The summed E-state index contributed by atoms with van der Waals surface area (Å²) in [5.74, 6) is 2.59. The predicted molar refractivity (Wildman–Crippen MR) is 68.1 cm³/mol. The second-order valence-corrected chi connectivity index (χ2v) is 5.26. The third-order valence-electron chi connectivity index (χ3n) is 4.16. The summed E-state index contributed by atoms with van der Waals surface area (Å²) >= 11 is 0. The van der Waals surface area contributed by atoms with E-state index in [9.17, 15) is 0 Å². The summed E-state index contributed by atoms with van der Waals surface area (Å²) in [5, 5.41) is 0. The second-order valence-electron chi connectivity index (χ2n) is 5.26. The van der Waals surface area contributed by atoms with Crippen molar-refractivity contribution >= 4 is 0 Å². The minimum absolute atomic E-state index is 0.451. The van der Waals surface area contributed by atoms with E-state index in [1.165, 1.54) is 44.9 Å². The monoisotopic (exact) mass is 220 g/mol. The highest BCUT2D eigenvalue weighted by molar-refractivity contribution is 5.07. The van der Waals surface area contributed by atoms with Gasteiger partial charge in [0, 0.05) is 0 Å². The van der Waals surface area contributed by atoms with Gasteiger partial charge in [0.05, 0.1) is 0 Å². The van der Waals surface area contributed by atoms with Gasteiger partial charge in [0.25, 0.3) is 0 Å². The summed E-state index contributed by atoms with van der Waals surface area (Å²) in [6.07, 6.45) is 14.1. The lowest BCUT2D eigenvalue weighted by molar-refractivity contribution is 0.0664. The Kier molecular flexibility index (Phi) is 4.09. The molecule has 1 heteroatoms. The second kappa shape index (κ2) is 5.56. The summed E-state index contributed by atoms with van der Waals surface area (Å²) in [6, 6.07) is 0. The lowest BCUT2D eigenvalue weighted by Crippen LogP contribution is -2.23. The van der Waals surface area contributed by atoms with Crippen LogP contribution in [0.2, 0.25) is 0 Å². The number of rotatable bonds is 4. The smallest absolute Gasteiger partial charge is 0.112 e. The van der Waals surface area contributed by atoms with E-state index in [0.717, 1.165) is 17.6 Å². The zero-order chi connectivity index (χ0) is 11.4. The number of hydrogen-bond donors (Lipinski definition) is 0. The molecule has 2 fully saturated rings. The highest BCUT2D eigenvalue weighted by Gasteiger charge is 2.36. The van der Waals surface area contributed by atoms with Crippen molar-refractivity contribution in [3.63, 3.8) is 0 Å². The van der Waals surface area contributed by atoms with Gasteiger partial charge in [-0.2, -0.15) is 0 Å². The van der Waals surface area contributed by atoms with Crippen LogP contribution in [-0.2, 0) is 4.74 Å². The maximum atomic E-state index is 6.00. The van der Waals surface area contributed by atoms with Crippen molar-refractivity contribution < 1.29 is 4.74 Å². The first kappa shape index (κ1) is 11.8. The molecule has 0 spiro atoms. The van der Waals surface area contributed by atoms with E-state index in [1.54, 1.807) is 0 Å². The Hall–Kier alpha value is -0.720. The van der Waals surface area contributed by atoms with Gasteiger partial charge in [0.1, 0.15) is 11.9 Å². The Balaban J connectivity index is 1.89. The molecule has 2 unspecified atom stereocenters. The van der Waals surface area contributed by atoms with Gasteiger partial charge in [0.15, 0.2) is 0 Å². The van der Waals surface area contributed by atoms with E-state index < -0.39 is 0 Å². The van der Waals surface area contributed by atoms with Crippen molar-refractivity contribution in [1.29, 1.82) is 0 Å². The molecule has 16 heavy (non-hydrogen) atoms. The molecule has 2 rings (SSSR count). The zero-order valence-electron chi connectivity index (χ0n) is 10.5. The molecule has 2 atom stereocenters. The SMILES string of the molecule is C=C(/C=C/C)OC1CCCC1C1CCCC1. The molecular weight excluding hydrogens is 196 g/mol. The summed E-state index contributed by atoms with van der Waals surface area (Å²) < 4.78 is 6.00. The molecule has 0 N–H and O–H groups in total. The number of hydrogen-bond acceptors (Lipinski definition) is 1. The topological polar surface area (TPSA) is 9.23 Å². The normalized spacial score (nSPS) is 31.3. The van der Waals surface area contributed by atoms with Gasteiger partial charge in [0.2, 0.25) is 0 Å². The molecule has 2 aliphatic rings. The lowest BCUT2D eigenvalue weighted by atomic mass is 9.88. The fourth-order valence-corrected chi connectivity index (χ4v) is 3.45. The third-order valence-corrected chi connectivity index (χ3v) is 4.16. The van der Waals surface area contributed by atoms with Crippen LogP contribution in [0.4, 0.5) is 0 Å². The molecule has 0 heterocycles. The molecule has 0 saturated heterocycles. The standard InChI is InChI=1S/C15H24O/c1-3-7-12(2)16-15-11-6-10-14(15)13-8-4-5-9-13/h3,7,13-15H,2,4-6,8-11H2,1H3/b7-3+. The fraction of sp³-hybridized carbons (Fsp3) is 0.733. The molecule has 0 radical (unpaired) electrons. The van der Waals surface area contributed by atoms with Crippen molar-refractivity contribution in [3.8, 4) is 0 Å². The zero-order valence-corrected chi connectivity index (χ0v) is 10.5. The first-order valence-electron chi connectivity index (χ1n) is 6.79. The minimum atomic E-state index is 0.451. The van der Waals surface area contributed by atoms with Gasteiger partial charge in [-0.05, 0) is 44.1 Å². The van der Waals surface area contributed by atoms with Crippen LogP contribution in [0, 0.1) is 11.8 Å².